The number of carbonyl (C=O) groups excluding carboxylic acids is 4. The number of carbonyl (C=O) groups is 4. The smallest absolute Gasteiger partial charge is 0.308 e. The summed E-state index contributed by atoms with van der Waals surface area (Å²) in [7, 11) is 0. The van der Waals surface area contributed by atoms with Crippen LogP contribution in [-0.4, -0.2) is 48.6 Å². The van der Waals surface area contributed by atoms with Gasteiger partial charge in [-0.3, -0.25) is 19.2 Å². The topological polar surface area (TPSA) is 93.2 Å². The molecule has 4 aromatic carbocycles. The standard InChI is InChI=1S/C39H36Cl2N2O6/c1-22(44)48-32-11-30-36(28-9-5-3-7-26(28)32)24(15-40)17-42(30)34(46)13-38-19-39(20-38,21-38)14-35(47)43-18-25(16-41)37-29-10-6-4-8-27(29)33(12-31(37)43)49-23(2)45/h3-12,24-25H,13-21H2,1-2H3. The van der Waals surface area contributed by atoms with E-state index in [0.29, 0.717) is 49.2 Å². The first-order chi connectivity index (χ1) is 23.5. The van der Waals surface area contributed by atoms with Gasteiger partial charge in [0.2, 0.25) is 11.8 Å². The summed E-state index contributed by atoms with van der Waals surface area (Å²) in [5.74, 6) is 0.756. The third-order valence-electron chi connectivity index (χ3n) is 11.0. The lowest BCUT2D eigenvalue weighted by atomic mass is 9.33. The molecule has 2 unspecified atom stereocenters. The molecule has 3 aliphatic carbocycles. The molecule has 0 aromatic heterocycles. The van der Waals surface area contributed by atoms with E-state index in [-0.39, 0.29) is 34.5 Å². The highest BCUT2D eigenvalue weighted by atomic mass is 35.5. The Kier molecular flexibility index (Phi) is 7.68. The Balaban J connectivity index is 0.993. The van der Waals surface area contributed by atoms with Gasteiger partial charge >= 0.3 is 11.9 Å². The van der Waals surface area contributed by atoms with Crippen LogP contribution in [-0.2, 0) is 19.2 Å². The van der Waals surface area contributed by atoms with Crippen LogP contribution in [0, 0.1) is 10.8 Å². The Labute approximate surface area is 294 Å². The molecule has 0 spiro atoms. The van der Waals surface area contributed by atoms with Crippen molar-refractivity contribution in [1.82, 2.24) is 0 Å². The van der Waals surface area contributed by atoms with Crippen LogP contribution < -0.4 is 19.3 Å². The fraction of sp³-hybridized carbons (Fsp3) is 0.385. The zero-order valence-corrected chi connectivity index (χ0v) is 28.9. The first-order valence-electron chi connectivity index (χ1n) is 16.7. The predicted octanol–water partition coefficient (Wildman–Crippen LogP) is 7.83. The minimum atomic E-state index is -0.419. The summed E-state index contributed by atoms with van der Waals surface area (Å²) in [6.45, 7) is 3.70. The Morgan fingerprint density at radius 2 is 1.02 bits per heavy atom. The molecule has 9 rings (SSSR count). The summed E-state index contributed by atoms with van der Waals surface area (Å²) < 4.78 is 11.2. The fourth-order valence-electron chi connectivity index (χ4n) is 9.47. The van der Waals surface area contributed by atoms with E-state index in [1.165, 1.54) is 13.8 Å². The van der Waals surface area contributed by atoms with E-state index in [4.69, 9.17) is 32.7 Å². The molecule has 2 atom stereocenters. The molecule has 10 heteroatoms. The predicted molar refractivity (Wildman–Crippen MR) is 190 cm³/mol. The molecule has 3 saturated carbocycles. The summed E-state index contributed by atoms with van der Waals surface area (Å²) in [4.78, 5) is 55.5. The third-order valence-corrected chi connectivity index (χ3v) is 11.8. The minimum absolute atomic E-state index is 0.0286. The molecule has 3 fully saturated rings. The Hall–Kier alpha value is -4.14. The van der Waals surface area contributed by atoms with Crippen LogP contribution in [0.3, 0.4) is 0 Å². The van der Waals surface area contributed by atoms with Gasteiger partial charge in [-0.15, -0.1) is 23.2 Å². The number of ether oxygens (including phenoxy) is 2. The molecular weight excluding hydrogens is 663 g/mol. The van der Waals surface area contributed by atoms with Crippen LogP contribution in [0.2, 0.25) is 0 Å². The summed E-state index contributed by atoms with van der Waals surface area (Å²) in [6.07, 6.45) is 3.26. The number of halogens is 2. The summed E-state index contributed by atoms with van der Waals surface area (Å²) in [6, 6.07) is 19.1. The van der Waals surface area contributed by atoms with Crippen LogP contribution in [0.15, 0.2) is 60.7 Å². The monoisotopic (exact) mass is 698 g/mol. The van der Waals surface area contributed by atoms with E-state index in [0.717, 1.165) is 63.3 Å². The van der Waals surface area contributed by atoms with Gasteiger partial charge in [0.05, 0.1) is 11.4 Å². The first-order valence-corrected chi connectivity index (χ1v) is 17.8. The zero-order chi connectivity index (χ0) is 34.2. The molecule has 2 heterocycles. The van der Waals surface area contributed by atoms with Gasteiger partial charge in [0.15, 0.2) is 0 Å². The molecule has 2 amide bonds. The average Bonchev–Trinajstić information content (AvgIpc) is 3.61. The normalized spacial score (nSPS) is 24.7. The molecule has 5 aliphatic rings. The quantitative estimate of drug-likeness (QED) is 0.106. The van der Waals surface area contributed by atoms with Crippen molar-refractivity contribution in [2.45, 2.75) is 57.8 Å². The van der Waals surface area contributed by atoms with Gasteiger partial charge in [-0.1, -0.05) is 48.5 Å². The number of alkyl halides is 2. The molecule has 49 heavy (non-hydrogen) atoms. The number of fused-ring (bicyclic) bond motifs is 6. The number of hydrogen-bond acceptors (Lipinski definition) is 6. The van der Waals surface area contributed by atoms with Gasteiger partial charge in [-0.05, 0) is 52.0 Å². The van der Waals surface area contributed by atoms with Crippen molar-refractivity contribution in [2.24, 2.45) is 10.8 Å². The second-order valence-electron chi connectivity index (χ2n) is 14.5. The highest BCUT2D eigenvalue weighted by molar-refractivity contribution is 6.19. The Bertz CT molecular complexity index is 1930. The molecule has 252 valence electrons. The van der Waals surface area contributed by atoms with Crippen molar-refractivity contribution < 1.29 is 28.7 Å². The SMILES string of the molecule is CC(=O)Oc1cc2c(c3ccccc13)C(CCl)CN2C(=O)CC12CC(CC(=O)N3CC(CCl)c4c3cc(OC(C)=O)c3ccccc43)(C1)C2. The van der Waals surface area contributed by atoms with Gasteiger partial charge in [-0.25, -0.2) is 0 Å². The van der Waals surface area contributed by atoms with Crippen LogP contribution in [0.5, 0.6) is 11.5 Å². The third kappa shape index (κ3) is 5.18. The van der Waals surface area contributed by atoms with E-state index in [1.54, 1.807) is 0 Å². The highest BCUT2D eigenvalue weighted by Crippen LogP contribution is 2.76. The van der Waals surface area contributed by atoms with Crippen molar-refractivity contribution in [1.29, 1.82) is 0 Å². The van der Waals surface area contributed by atoms with E-state index < -0.39 is 11.9 Å². The van der Waals surface area contributed by atoms with Crippen LogP contribution in [0.4, 0.5) is 11.4 Å². The second-order valence-corrected chi connectivity index (χ2v) is 15.1. The van der Waals surface area contributed by atoms with E-state index in [9.17, 15) is 19.2 Å². The van der Waals surface area contributed by atoms with Crippen molar-refractivity contribution >= 4 is 79.9 Å². The first kappa shape index (κ1) is 32.1. The maximum absolute atomic E-state index is 14.0. The van der Waals surface area contributed by atoms with Crippen molar-refractivity contribution in [3.63, 3.8) is 0 Å². The molecule has 2 aliphatic heterocycles. The number of nitrogens with zero attached hydrogens (tertiary/aromatic N) is 2. The van der Waals surface area contributed by atoms with E-state index >= 15 is 0 Å². The molecule has 2 bridgehead atoms. The van der Waals surface area contributed by atoms with E-state index in [2.05, 4.69) is 0 Å². The van der Waals surface area contributed by atoms with Gasteiger partial charge in [0.25, 0.3) is 0 Å². The Morgan fingerprint density at radius 3 is 1.37 bits per heavy atom. The van der Waals surface area contributed by atoms with E-state index in [1.807, 2.05) is 70.5 Å². The Morgan fingerprint density at radius 1 is 0.653 bits per heavy atom. The van der Waals surface area contributed by atoms with Gasteiger partial charge < -0.3 is 19.3 Å². The van der Waals surface area contributed by atoms with Crippen LogP contribution in [0.25, 0.3) is 21.5 Å². The summed E-state index contributed by atoms with van der Waals surface area (Å²) in [5.41, 5.74) is 3.30. The number of anilines is 2. The lowest BCUT2D eigenvalue weighted by Gasteiger charge is -2.71. The second kappa shape index (κ2) is 11.7. The number of benzene rings is 4. The van der Waals surface area contributed by atoms with Crippen LogP contribution >= 0.6 is 23.2 Å². The number of hydrogen-bond donors (Lipinski definition) is 0. The van der Waals surface area contributed by atoms with Crippen LogP contribution in [0.1, 0.15) is 68.9 Å². The van der Waals surface area contributed by atoms with Gasteiger partial charge in [0.1, 0.15) is 11.5 Å². The lowest BCUT2D eigenvalue weighted by Crippen LogP contribution is -2.64. The maximum atomic E-state index is 14.0. The summed E-state index contributed by atoms with van der Waals surface area (Å²) in [5, 5.41) is 3.52. The number of amides is 2. The molecule has 4 aromatic rings. The van der Waals surface area contributed by atoms with Crippen molar-refractivity contribution in [3.05, 3.63) is 71.8 Å². The molecule has 0 N–H and O–H groups in total. The lowest BCUT2D eigenvalue weighted by molar-refractivity contribution is -0.209. The van der Waals surface area contributed by atoms with Gasteiger partial charge in [0, 0.05) is 86.3 Å². The molecule has 8 nitrogen and oxygen atoms in total. The molecular formula is C39H36Cl2N2O6. The van der Waals surface area contributed by atoms with Gasteiger partial charge in [-0.2, -0.15) is 0 Å². The average molecular weight is 700 g/mol. The highest BCUT2D eigenvalue weighted by Gasteiger charge is 2.68. The van der Waals surface area contributed by atoms with Crippen molar-refractivity contribution in [3.8, 4) is 11.5 Å². The van der Waals surface area contributed by atoms with Crippen molar-refractivity contribution in [2.75, 3.05) is 34.6 Å². The largest absolute Gasteiger partial charge is 0.426 e. The minimum Gasteiger partial charge on any atom is -0.426 e. The number of rotatable bonds is 8. The summed E-state index contributed by atoms with van der Waals surface area (Å²) >= 11 is 12.9. The molecule has 0 radical (unpaired) electrons. The number of esters is 2. The zero-order valence-electron chi connectivity index (χ0n) is 27.4. The maximum Gasteiger partial charge on any atom is 0.308 e. The molecule has 0 saturated heterocycles. The fourth-order valence-corrected chi connectivity index (χ4v) is 9.97.